The average molecular weight is 487 g/mol. The molecule has 0 radical (unpaired) electrons. The van der Waals surface area contributed by atoms with Crippen molar-refractivity contribution in [3.05, 3.63) is 54.1 Å². The van der Waals surface area contributed by atoms with E-state index in [1.165, 1.54) is 42.5 Å². The number of unbranched alkanes of at least 4 members (excludes halogenated alkanes) is 2. The molecule has 2 N–H and O–H groups in total. The van der Waals surface area contributed by atoms with E-state index in [4.69, 9.17) is 9.47 Å². The third-order valence-electron chi connectivity index (χ3n) is 4.96. The zero-order valence-electron chi connectivity index (χ0n) is 17.7. The average Bonchev–Trinajstić information content (AvgIpc) is 2.79. The molecule has 180 valence electrons. The second-order valence-corrected chi connectivity index (χ2v) is 9.23. The fourth-order valence-corrected chi connectivity index (χ4v) is 4.39. The molecule has 0 bridgehead atoms. The van der Waals surface area contributed by atoms with E-state index in [0.717, 1.165) is 0 Å². The first-order valence-electron chi connectivity index (χ1n) is 10.5. The molecule has 11 heteroatoms. The van der Waals surface area contributed by atoms with Gasteiger partial charge in [-0.15, -0.1) is 0 Å². The van der Waals surface area contributed by atoms with Gasteiger partial charge in [0, 0.05) is 19.0 Å². The smallest absolute Gasteiger partial charge is 0.412 e. The number of fused-ring (bicyclic) bond motifs is 1. The van der Waals surface area contributed by atoms with E-state index in [1.807, 2.05) is 5.32 Å². The first kappa shape index (κ1) is 24.8. The van der Waals surface area contributed by atoms with Crippen LogP contribution in [0.4, 0.5) is 13.2 Å². The Bertz CT molecular complexity index is 1050. The highest BCUT2D eigenvalue weighted by Gasteiger charge is 2.41. The van der Waals surface area contributed by atoms with Gasteiger partial charge in [0.1, 0.15) is 13.2 Å². The maximum atomic E-state index is 13.3. The molecule has 33 heavy (non-hydrogen) atoms. The van der Waals surface area contributed by atoms with Crippen molar-refractivity contribution in [3.63, 3.8) is 0 Å². The monoisotopic (exact) mass is 486 g/mol. The van der Waals surface area contributed by atoms with E-state index in [-0.39, 0.29) is 23.4 Å². The number of nitrogens with one attached hydrogen (secondary N) is 2. The standard InChI is InChI=1S/C22H25F3N2O5S/c23-22(24,25)21(16-7-3-1-4-8-16)27-20(28)9-5-2-6-12-26-33(29,30)17-10-11-18-19(15-17)32-14-13-31-18/h1,3-4,7-8,10-11,15,21,26H,2,5-6,9,12-14H2,(H,27,28). The summed E-state index contributed by atoms with van der Waals surface area (Å²) in [6.45, 7) is 0.874. The van der Waals surface area contributed by atoms with E-state index in [2.05, 4.69) is 4.72 Å². The van der Waals surface area contributed by atoms with Crippen LogP contribution in [-0.4, -0.2) is 40.3 Å². The van der Waals surface area contributed by atoms with Gasteiger partial charge >= 0.3 is 6.18 Å². The predicted octanol–water partition coefficient (Wildman–Crippen LogP) is 3.72. The molecule has 1 unspecified atom stereocenters. The van der Waals surface area contributed by atoms with Crippen LogP contribution in [0.25, 0.3) is 0 Å². The molecule has 0 saturated carbocycles. The lowest BCUT2D eigenvalue weighted by atomic mass is 10.1. The lowest BCUT2D eigenvalue weighted by molar-refractivity contribution is -0.163. The molecule has 1 heterocycles. The number of benzene rings is 2. The second kappa shape index (κ2) is 10.9. The summed E-state index contributed by atoms with van der Waals surface area (Å²) in [7, 11) is -3.75. The van der Waals surface area contributed by atoms with E-state index < -0.39 is 28.1 Å². The number of carbonyl (C=O) groups excluding carboxylic acids is 1. The van der Waals surface area contributed by atoms with Crippen LogP contribution >= 0.6 is 0 Å². The van der Waals surface area contributed by atoms with Gasteiger partial charge in [0.15, 0.2) is 17.5 Å². The minimum absolute atomic E-state index is 0.0353. The summed E-state index contributed by atoms with van der Waals surface area (Å²) >= 11 is 0. The van der Waals surface area contributed by atoms with Gasteiger partial charge in [0.2, 0.25) is 15.9 Å². The summed E-state index contributed by atoms with van der Waals surface area (Å²) in [5.41, 5.74) is -0.0353. The highest BCUT2D eigenvalue weighted by atomic mass is 32.2. The van der Waals surface area contributed by atoms with Gasteiger partial charge in [0.05, 0.1) is 4.90 Å². The molecule has 0 aliphatic carbocycles. The third-order valence-corrected chi connectivity index (χ3v) is 6.42. The van der Waals surface area contributed by atoms with E-state index in [0.29, 0.717) is 44.0 Å². The molecule has 0 spiro atoms. The van der Waals surface area contributed by atoms with Crippen LogP contribution in [0, 0.1) is 0 Å². The minimum Gasteiger partial charge on any atom is -0.486 e. The number of carbonyl (C=O) groups is 1. The SMILES string of the molecule is O=C(CCCCCNS(=O)(=O)c1ccc2c(c1)OCCO2)NC(c1ccccc1)C(F)(F)F. The Hall–Kier alpha value is -2.79. The first-order chi connectivity index (χ1) is 15.7. The van der Waals surface area contributed by atoms with Crippen LogP contribution in [0.3, 0.4) is 0 Å². The van der Waals surface area contributed by atoms with E-state index in [9.17, 15) is 26.4 Å². The molecule has 3 rings (SSSR count). The van der Waals surface area contributed by atoms with Gasteiger partial charge in [-0.05, 0) is 30.5 Å². The summed E-state index contributed by atoms with van der Waals surface area (Å²) in [5, 5.41) is 2.04. The molecule has 0 aromatic heterocycles. The largest absolute Gasteiger partial charge is 0.486 e. The molecular formula is C22H25F3N2O5S. The van der Waals surface area contributed by atoms with Gasteiger partial charge in [-0.1, -0.05) is 36.8 Å². The van der Waals surface area contributed by atoms with Crippen molar-refractivity contribution in [1.29, 1.82) is 0 Å². The van der Waals surface area contributed by atoms with Crippen molar-refractivity contribution in [2.24, 2.45) is 0 Å². The second-order valence-electron chi connectivity index (χ2n) is 7.47. The fourth-order valence-electron chi connectivity index (χ4n) is 3.30. The molecule has 0 saturated heterocycles. The summed E-state index contributed by atoms with van der Waals surface area (Å²) in [5.74, 6) is 0.138. The fraction of sp³-hybridized carbons (Fsp3) is 0.409. The molecule has 1 aliphatic rings. The van der Waals surface area contributed by atoms with Crippen LogP contribution in [0.2, 0.25) is 0 Å². The zero-order chi connectivity index (χ0) is 23.9. The Morgan fingerprint density at radius 1 is 0.970 bits per heavy atom. The van der Waals surface area contributed by atoms with Gasteiger partial charge in [-0.2, -0.15) is 13.2 Å². The molecule has 1 amide bonds. The van der Waals surface area contributed by atoms with Crippen LogP contribution in [0.1, 0.15) is 37.3 Å². The zero-order valence-corrected chi connectivity index (χ0v) is 18.5. The molecular weight excluding hydrogens is 461 g/mol. The van der Waals surface area contributed by atoms with Crippen LogP contribution in [0.5, 0.6) is 11.5 Å². The Kier molecular flexibility index (Phi) is 8.20. The number of hydrogen-bond acceptors (Lipinski definition) is 5. The molecule has 1 aliphatic heterocycles. The highest BCUT2D eigenvalue weighted by molar-refractivity contribution is 7.89. The number of hydrogen-bond donors (Lipinski definition) is 2. The van der Waals surface area contributed by atoms with Crippen molar-refractivity contribution >= 4 is 15.9 Å². The number of ether oxygens (including phenoxy) is 2. The number of sulfonamides is 1. The molecule has 2 aromatic carbocycles. The summed E-state index contributed by atoms with van der Waals surface area (Å²) < 4.78 is 78.0. The van der Waals surface area contributed by atoms with Crippen LogP contribution < -0.4 is 19.5 Å². The van der Waals surface area contributed by atoms with Crippen molar-refractivity contribution in [2.75, 3.05) is 19.8 Å². The summed E-state index contributed by atoms with van der Waals surface area (Å²) in [6.07, 6.45) is -3.47. The lowest BCUT2D eigenvalue weighted by Crippen LogP contribution is -2.38. The third kappa shape index (κ3) is 7.10. The highest BCUT2D eigenvalue weighted by Crippen LogP contribution is 2.33. The minimum atomic E-state index is -4.61. The summed E-state index contributed by atoms with van der Waals surface area (Å²) in [6, 6.07) is 9.46. The van der Waals surface area contributed by atoms with Gasteiger partial charge < -0.3 is 14.8 Å². The first-order valence-corrected chi connectivity index (χ1v) is 12.0. The Balaban J connectivity index is 1.40. The number of alkyl halides is 3. The van der Waals surface area contributed by atoms with Crippen LogP contribution in [0.15, 0.2) is 53.4 Å². The Labute approximate surface area is 190 Å². The van der Waals surface area contributed by atoms with Crippen molar-refractivity contribution in [2.45, 2.75) is 42.8 Å². The lowest BCUT2D eigenvalue weighted by Gasteiger charge is -2.22. The quantitative estimate of drug-likeness (QED) is 0.500. The van der Waals surface area contributed by atoms with Crippen molar-refractivity contribution < 1.29 is 35.9 Å². The molecule has 0 fully saturated rings. The molecule has 1 atom stereocenters. The molecule has 2 aromatic rings. The maximum absolute atomic E-state index is 13.3. The summed E-state index contributed by atoms with van der Waals surface area (Å²) in [4.78, 5) is 12.1. The Morgan fingerprint density at radius 2 is 1.67 bits per heavy atom. The maximum Gasteiger partial charge on any atom is 0.412 e. The van der Waals surface area contributed by atoms with E-state index in [1.54, 1.807) is 6.07 Å². The topological polar surface area (TPSA) is 93.7 Å². The van der Waals surface area contributed by atoms with Gasteiger partial charge in [-0.25, -0.2) is 13.1 Å². The molecule has 7 nitrogen and oxygen atoms in total. The number of halogens is 3. The van der Waals surface area contributed by atoms with E-state index >= 15 is 0 Å². The van der Waals surface area contributed by atoms with Gasteiger partial charge in [-0.3, -0.25) is 4.79 Å². The number of rotatable bonds is 10. The van der Waals surface area contributed by atoms with Crippen molar-refractivity contribution in [3.8, 4) is 11.5 Å². The Morgan fingerprint density at radius 3 is 2.36 bits per heavy atom. The van der Waals surface area contributed by atoms with Crippen molar-refractivity contribution in [1.82, 2.24) is 10.0 Å². The van der Waals surface area contributed by atoms with Crippen LogP contribution in [-0.2, 0) is 14.8 Å². The number of amides is 1. The van der Waals surface area contributed by atoms with Gasteiger partial charge in [0.25, 0.3) is 0 Å². The normalized spacial score (nSPS) is 14.5. The predicted molar refractivity (Wildman–Crippen MR) is 114 cm³/mol.